The molecule has 0 radical (unpaired) electrons. The van der Waals surface area contributed by atoms with Gasteiger partial charge in [0.25, 0.3) is 5.91 Å². The second kappa shape index (κ2) is 6.48. The first-order valence-corrected chi connectivity index (χ1v) is 8.39. The molecule has 1 aromatic heterocycles. The lowest BCUT2D eigenvalue weighted by Crippen LogP contribution is -2.30. The number of carbonyl (C=O) groups is 1. The highest BCUT2D eigenvalue weighted by atomic mass is 16.2. The standard InChI is InChI=1S/C20H23N3O/c1-5-22(6-2)20(24)16-8-10-19-17(12-16)21-13-23(19)18-9-7-14(3)11-15(18)4/h7-13H,5-6H2,1-4H3. The van der Waals surface area contributed by atoms with Gasteiger partial charge < -0.3 is 4.90 Å². The van der Waals surface area contributed by atoms with Crippen LogP contribution in [0, 0.1) is 13.8 Å². The Balaban J connectivity index is 2.04. The number of benzene rings is 2. The van der Waals surface area contributed by atoms with Crippen molar-refractivity contribution in [3.05, 3.63) is 59.4 Å². The number of amides is 1. The molecule has 1 amide bonds. The maximum atomic E-state index is 12.5. The highest BCUT2D eigenvalue weighted by Gasteiger charge is 2.14. The lowest BCUT2D eigenvalue weighted by atomic mass is 10.1. The lowest BCUT2D eigenvalue weighted by molar-refractivity contribution is 0.0773. The average molecular weight is 321 g/mol. The van der Waals surface area contributed by atoms with Gasteiger partial charge in [-0.3, -0.25) is 9.36 Å². The fourth-order valence-electron chi connectivity index (χ4n) is 3.11. The summed E-state index contributed by atoms with van der Waals surface area (Å²) >= 11 is 0. The molecule has 0 fully saturated rings. The van der Waals surface area contributed by atoms with Crippen molar-refractivity contribution in [2.75, 3.05) is 13.1 Å². The summed E-state index contributed by atoms with van der Waals surface area (Å²) in [6, 6.07) is 12.1. The van der Waals surface area contributed by atoms with Crippen molar-refractivity contribution < 1.29 is 4.79 Å². The van der Waals surface area contributed by atoms with Crippen molar-refractivity contribution in [1.29, 1.82) is 0 Å². The van der Waals surface area contributed by atoms with E-state index in [1.54, 1.807) is 0 Å². The van der Waals surface area contributed by atoms with E-state index < -0.39 is 0 Å². The van der Waals surface area contributed by atoms with Crippen molar-refractivity contribution in [1.82, 2.24) is 14.5 Å². The van der Waals surface area contributed by atoms with Gasteiger partial charge in [0.1, 0.15) is 6.33 Å². The number of nitrogens with zero attached hydrogens (tertiary/aromatic N) is 3. The predicted octanol–water partition coefficient (Wildman–Crippen LogP) is 4.12. The van der Waals surface area contributed by atoms with E-state index in [0.29, 0.717) is 18.7 Å². The Morgan fingerprint density at radius 3 is 2.50 bits per heavy atom. The molecule has 0 saturated heterocycles. The van der Waals surface area contributed by atoms with Crippen molar-refractivity contribution in [2.45, 2.75) is 27.7 Å². The van der Waals surface area contributed by atoms with Gasteiger partial charge in [0.2, 0.25) is 0 Å². The van der Waals surface area contributed by atoms with Crippen LogP contribution in [0.25, 0.3) is 16.7 Å². The van der Waals surface area contributed by atoms with E-state index in [2.05, 4.69) is 41.6 Å². The van der Waals surface area contributed by atoms with Gasteiger partial charge in [-0.25, -0.2) is 4.98 Å². The molecule has 0 N–H and O–H groups in total. The van der Waals surface area contributed by atoms with Crippen LogP contribution in [0.4, 0.5) is 0 Å². The van der Waals surface area contributed by atoms with E-state index >= 15 is 0 Å². The molecule has 0 aliphatic rings. The third kappa shape index (κ3) is 2.80. The summed E-state index contributed by atoms with van der Waals surface area (Å²) in [5.74, 6) is 0.0583. The summed E-state index contributed by atoms with van der Waals surface area (Å²) in [5, 5.41) is 0. The second-order valence-electron chi connectivity index (χ2n) is 6.09. The van der Waals surface area contributed by atoms with E-state index in [9.17, 15) is 4.79 Å². The van der Waals surface area contributed by atoms with E-state index in [0.717, 1.165) is 16.7 Å². The molecule has 0 atom stereocenters. The van der Waals surface area contributed by atoms with Gasteiger partial charge >= 0.3 is 0 Å². The van der Waals surface area contributed by atoms with E-state index in [-0.39, 0.29) is 5.91 Å². The molecule has 2 aromatic carbocycles. The molecule has 1 heterocycles. The Morgan fingerprint density at radius 1 is 1.08 bits per heavy atom. The maximum Gasteiger partial charge on any atom is 0.253 e. The molecular formula is C20H23N3O. The quantitative estimate of drug-likeness (QED) is 0.725. The number of aryl methyl sites for hydroxylation is 2. The Labute approximate surface area is 142 Å². The lowest BCUT2D eigenvalue weighted by Gasteiger charge is -2.18. The van der Waals surface area contributed by atoms with Crippen LogP contribution < -0.4 is 0 Å². The molecule has 3 aromatic rings. The molecular weight excluding hydrogens is 298 g/mol. The number of fused-ring (bicyclic) bond motifs is 1. The van der Waals surface area contributed by atoms with Crippen LogP contribution in [0.2, 0.25) is 0 Å². The Morgan fingerprint density at radius 2 is 1.83 bits per heavy atom. The molecule has 0 saturated carbocycles. The first kappa shape index (κ1) is 16.2. The van der Waals surface area contributed by atoms with Crippen molar-refractivity contribution >= 4 is 16.9 Å². The van der Waals surface area contributed by atoms with Gasteiger partial charge in [0.15, 0.2) is 0 Å². The average Bonchev–Trinajstić information content (AvgIpc) is 2.99. The molecule has 124 valence electrons. The topological polar surface area (TPSA) is 38.1 Å². The van der Waals surface area contributed by atoms with Crippen LogP contribution >= 0.6 is 0 Å². The van der Waals surface area contributed by atoms with Gasteiger partial charge in [-0.2, -0.15) is 0 Å². The number of hydrogen-bond acceptors (Lipinski definition) is 2. The van der Waals surface area contributed by atoms with E-state index in [1.807, 2.05) is 43.3 Å². The van der Waals surface area contributed by atoms with E-state index in [1.165, 1.54) is 11.1 Å². The minimum atomic E-state index is 0.0583. The van der Waals surface area contributed by atoms with Gasteiger partial charge in [0, 0.05) is 18.7 Å². The third-order valence-corrected chi connectivity index (χ3v) is 4.46. The molecule has 4 heteroatoms. The summed E-state index contributed by atoms with van der Waals surface area (Å²) in [4.78, 5) is 18.8. The highest BCUT2D eigenvalue weighted by Crippen LogP contribution is 2.23. The molecule has 3 rings (SSSR count). The van der Waals surface area contributed by atoms with Crippen molar-refractivity contribution in [2.24, 2.45) is 0 Å². The summed E-state index contributed by atoms with van der Waals surface area (Å²) < 4.78 is 2.08. The second-order valence-corrected chi connectivity index (χ2v) is 6.09. The van der Waals surface area contributed by atoms with Gasteiger partial charge in [-0.05, 0) is 57.5 Å². The smallest absolute Gasteiger partial charge is 0.253 e. The molecule has 0 unspecified atom stereocenters. The monoisotopic (exact) mass is 321 g/mol. The zero-order valence-corrected chi connectivity index (χ0v) is 14.7. The predicted molar refractivity (Wildman–Crippen MR) is 97.8 cm³/mol. The Bertz CT molecular complexity index is 891. The fraction of sp³-hybridized carbons (Fsp3) is 0.300. The van der Waals surface area contributed by atoms with Crippen molar-refractivity contribution in [3.8, 4) is 5.69 Å². The fourth-order valence-corrected chi connectivity index (χ4v) is 3.11. The van der Waals surface area contributed by atoms with Gasteiger partial charge in [0.05, 0.1) is 16.7 Å². The van der Waals surface area contributed by atoms with Crippen molar-refractivity contribution in [3.63, 3.8) is 0 Å². The molecule has 0 spiro atoms. The summed E-state index contributed by atoms with van der Waals surface area (Å²) in [6.07, 6.45) is 1.83. The molecule has 4 nitrogen and oxygen atoms in total. The Hall–Kier alpha value is -2.62. The number of aromatic nitrogens is 2. The molecule has 24 heavy (non-hydrogen) atoms. The Kier molecular flexibility index (Phi) is 4.38. The summed E-state index contributed by atoms with van der Waals surface area (Å²) in [7, 11) is 0. The third-order valence-electron chi connectivity index (χ3n) is 4.46. The minimum absolute atomic E-state index is 0.0583. The largest absolute Gasteiger partial charge is 0.339 e. The minimum Gasteiger partial charge on any atom is -0.339 e. The van der Waals surface area contributed by atoms with Gasteiger partial charge in [-0.15, -0.1) is 0 Å². The first-order chi connectivity index (χ1) is 11.5. The number of hydrogen-bond donors (Lipinski definition) is 0. The molecule has 0 bridgehead atoms. The number of carbonyl (C=O) groups excluding carboxylic acids is 1. The van der Waals surface area contributed by atoms with Gasteiger partial charge in [-0.1, -0.05) is 17.7 Å². The maximum absolute atomic E-state index is 12.5. The molecule has 0 aliphatic heterocycles. The highest BCUT2D eigenvalue weighted by molar-refractivity contribution is 5.97. The summed E-state index contributed by atoms with van der Waals surface area (Å²) in [6.45, 7) is 9.61. The van der Waals surface area contributed by atoms with Crippen LogP contribution in [-0.2, 0) is 0 Å². The number of imidazole rings is 1. The van der Waals surface area contributed by atoms with Crippen LogP contribution in [0.3, 0.4) is 0 Å². The number of rotatable bonds is 4. The normalized spacial score (nSPS) is 11.0. The molecule has 0 aliphatic carbocycles. The SMILES string of the molecule is CCN(CC)C(=O)c1ccc2c(c1)ncn2-c1ccc(C)cc1C. The summed E-state index contributed by atoms with van der Waals surface area (Å²) in [5.41, 5.74) is 6.11. The van der Waals surface area contributed by atoms with Crippen LogP contribution in [0.5, 0.6) is 0 Å². The zero-order valence-electron chi connectivity index (χ0n) is 14.7. The zero-order chi connectivity index (χ0) is 17.3. The van der Waals surface area contributed by atoms with Crippen LogP contribution in [0.1, 0.15) is 35.3 Å². The van der Waals surface area contributed by atoms with Crippen LogP contribution in [-0.4, -0.2) is 33.4 Å². The van der Waals surface area contributed by atoms with E-state index in [4.69, 9.17) is 0 Å². The first-order valence-electron chi connectivity index (χ1n) is 8.39. The van der Waals surface area contributed by atoms with Crippen LogP contribution in [0.15, 0.2) is 42.7 Å².